The quantitative estimate of drug-likeness (QED) is 0.764. The van der Waals surface area contributed by atoms with Crippen LogP contribution in [0.15, 0.2) is 12.3 Å². The molecule has 22 heavy (non-hydrogen) atoms. The van der Waals surface area contributed by atoms with Crippen LogP contribution >= 0.6 is 0 Å². The van der Waals surface area contributed by atoms with Gasteiger partial charge in [0.1, 0.15) is 0 Å². The first kappa shape index (κ1) is 17.1. The molecule has 1 aliphatic rings. The van der Waals surface area contributed by atoms with E-state index in [1.54, 1.807) is 13.8 Å². The molecule has 124 valence electrons. The summed E-state index contributed by atoms with van der Waals surface area (Å²) in [6.07, 6.45) is -2.95. The second-order valence-corrected chi connectivity index (χ2v) is 6.10. The lowest BCUT2D eigenvalue weighted by molar-refractivity contribution is -0.138. The molecule has 2 nitrogen and oxygen atoms in total. The molecule has 0 bridgehead atoms. The van der Waals surface area contributed by atoms with E-state index in [1.165, 1.54) is 11.1 Å². The minimum absolute atomic E-state index is 0.0137. The van der Waals surface area contributed by atoms with Crippen molar-refractivity contribution in [3.8, 4) is 0 Å². The average Bonchev–Trinajstić information content (AvgIpc) is 2.36. The van der Waals surface area contributed by atoms with Crippen molar-refractivity contribution in [3.05, 3.63) is 29.1 Å². The van der Waals surface area contributed by atoms with Crippen LogP contribution in [-0.4, -0.2) is 28.9 Å². The van der Waals surface area contributed by atoms with Crippen LogP contribution < -0.4 is 0 Å². The SMILES string of the molecule is CC(C)c1ncc(CN2CCCC(F)(F)C2)cc1C(F)(F)F. The van der Waals surface area contributed by atoms with E-state index in [1.807, 2.05) is 0 Å². The van der Waals surface area contributed by atoms with E-state index >= 15 is 0 Å². The number of piperidine rings is 1. The summed E-state index contributed by atoms with van der Waals surface area (Å²) in [6.45, 7) is 3.39. The molecule has 7 heteroatoms. The molecule has 1 aromatic rings. The fourth-order valence-corrected chi connectivity index (χ4v) is 2.73. The number of halogens is 5. The van der Waals surface area contributed by atoms with E-state index in [2.05, 4.69) is 4.98 Å². The monoisotopic (exact) mass is 322 g/mol. The summed E-state index contributed by atoms with van der Waals surface area (Å²) >= 11 is 0. The smallest absolute Gasteiger partial charge is 0.293 e. The zero-order valence-electron chi connectivity index (χ0n) is 12.6. The van der Waals surface area contributed by atoms with Crippen LogP contribution in [0.25, 0.3) is 0 Å². The third-order valence-electron chi connectivity index (χ3n) is 3.71. The zero-order chi connectivity index (χ0) is 16.5. The van der Waals surface area contributed by atoms with Gasteiger partial charge in [-0.05, 0) is 30.5 Å². The van der Waals surface area contributed by atoms with Crippen LogP contribution in [0.2, 0.25) is 0 Å². The molecule has 0 amide bonds. The summed E-state index contributed by atoms with van der Waals surface area (Å²) in [5.41, 5.74) is -0.474. The summed E-state index contributed by atoms with van der Waals surface area (Å²) in [5.74, 6) is -3.12. The second-order valence-electron chi connectivity index (χ2n) is 6.10. The fourth-order valence-electron chi connectivity index (χ4n) is 2.73. The Balaban J connectivity index is 2.22. The third-order valence-corrected chi connectivity index (χ3v) is 3.71. The Morgan fingerprint density at radius 3 is 2.55 bits per heavy atom. The highest BCUT2D eigenvalue weighted by molar-refractivity contribution is 5.30. The molecule has 0 aliphatic carbocycles. The van der Waals surface area contributed by atoms with Gasteiger partial charge in [-0.15, -0.1) is 0 Å². The summed E-state index contributed by atoms with van der Waals surface area (Å²) in [5, 5.41) is 0. The third kappa shape index (κ3) is 4.15. The summed E-state index contributed by atoms with van der Waals surface area (Å²) in [4.78, 5) is 5.39. The lowest BCUT2D eigenvalue weighted by atomic mass is 10.0. The van der Waals surface area contributed by atoms with Crippen molar-refractivity contribution >= 4 is 0 Å². The maximum Gasteiger partial charge on any atom is 0.418 e. The minimum Gasteiger partial charge on any atom is -0.293 e. The van der Waals surface area contributed by atoms with Gasteiger partial charge in [-0.25, -0.2) is 8.78 Å². The van der Waals surface area contributed by atoms with Crippen LogP contribution in [0, 0.1) is 0 Å². The first-order valence-corrected chi connectivity index (χ1v) is 7.25. The van der Waals surface area contributed by atoms with Gasteiger partial charge in [0.25, 0.3) is 5.92 Å². The highest BCUT2D eigenvalue weighted by atomic mass is 19.4. The van der Waals surface area contributed by atoms with E-state index in [4.69, 9.17) is 0 Å². The second kappa shape index (κ2) is 6.10. The maximum atomic E-state index is 13.4. The number of rotatable bonds is 3. The molecular weight excluding hydrogens is 303 g/mol. The van der Waals surface area contributed by atoms with Crippen molar-refractivity contribution in [2.75, 3.05) is 13.1 Å². The van der Waals surface area contributed by atoms with Crippen molar-refractivity contribution in [2.45, 2.75) is 51.3 Å². The molecule has 2 heterocycles. The predicted molar refractivity (Wildman–Crippen MR) is 72.8 cm³/mol. The van der Waals surface area contributed by atoms with E-state index in [-0.39, 0.29) is 24.6 Å². The zero-order valence-corrected chi connectivity index (χ0v) is 12.6. The molecule has 1 aliphatic heterocycles. The van der Waals surface area contributed by atoms with Crippen molar-refractivity contribution < 1.29 is 22.0 Å². The number of aromatic nitrogens is 1. The molecule has 0 atom stereocenters. The van der Waals surface area contributed by atoms with Crippen molar-refractivity contribution in [2.24, 2.45) is 0 Å². The normalized spacial score (nSPS) is 19.6. The highest BCUT2D eigenvalue weighted by Crippen LogP contribution is 2.35. The van der Waals surface area contributed by atoms with Gasteiger partial charge >= 0.3 is 6.18 Å². The van der Waals surface area contributed by atoms with Gasteiger partial charge in [0, 0.05) is 19.2 Å². The lowest BCUT2D eigenvalue weighted by Gasteiger charge is -2.32. The van der Waals surface area contributed by atoms with Gasteiger partial charge in [0.05, 0.1) is 17.8 Å². The topological polar surface area (TPSA) is 16.1 Å². The Morgan fingerprint density at radius 2 is 2.00 bits per heavy atom. The van der Waals surface area contributed by atoms with Crippen LogP contribution in [-0.2, 0) is 12.7 Å². The molecule has 0 radical (unpaired) electrons. The number of likely N-dealkylation sites (tertiary alicyclic amines) is 1. The Labute approximate surface area is 126 Å². The van der Waals surface area contributed by atoms with E-state index in [0.29, 0.717) is 18.5 Å². The lowest BCUT2D eigenvalue weighted by Crippen LogP contribution is -2.42. The van der Waals surface area contributed by atoms with Crippen LogP contribution in [0.4, 0.5) is 22.0 Å². The molecular formula is C15H19F5N2. The first-order valence-electron chi connectivity index (χ1n) is 7.25. The molecule has 0 unspecified atom stereocenters. The molecule has 0 aromatic carbocycles. The number of hydrogen-bond donors (Lipinski definition) is 0. The minimum atomic E-state index is -4.49. The maximum absolute atomic E-state index is 13.4. The van der Waals surface area contributed by atoms with Gasteiger partial charge in [0.15, 0.2) is 0 Å². The summed E-state index contributed by atoms with van der Waals surface area (Å²) in [7, 11) is 0. The van der Waals surface area contributed by atoms with Gasteiger partial charge in [-0.3, -0.25) is 9.88 Å². The van der Waals surface area contributed by atoms with Gasteiger partial charge < -0.3 is 0 Å². The largest absolute Gasteiger partial charge is 0.418 e. The first-order chi connectivity index (χ1) is 10.1. The molecule has 0 spiro atoms. The number of pyridine rings is 1. The standard InChI is InChI=1S/C15H19F5N2/c1-10(2)13-12(15(18,19)20)6-11(7-21-13)8-22-5-3-4-14(16,17)9-22/h6-7,10H,3-5,8-9H2,1-2H3. The highest BCUT2D eigenvalue weighted by Gasteiger charge is 2.37. The predicted octanol–water partition coefficient (Wildman–Crippen LogP) is 4.45. The number of nitrogens with zero attached hydrogens (tertiary/aromatic N) is 2. The molecule has 2 rings (SSSR count). The van der Waals surface area contributed by atoms with Gasteiger partial charge in [-0.1, -0.05) is 13.8 Å². The van der Waals surface area contributed by atoms with Crippen molar-refractivity contribution in [1.29, 1.82) is 0 Å². The number of alkyl halides is 5. The molecule has 1 fully saturated rings. The van der Waals surface area contributed by atoms with Gasteiger partial charge in [-0.2, -0.15) is 13.2 Å². The van der Waals surface area contributed by atoms with Crippen molar-refractivity contribution in [3.63, 3.8) is 0 Å². The average molecular weight is 322 g/mol. The summed E-state index contributed by atoms with van der Waals surface area (Å²) in [6, 6.07) is 1.04. The summed E-state index contributed by atoms with van der Waals surface area (Å²) < 4.78 is 66.1. The Morgan fingerprint density at radius 1 is 1.32 bits per heavy atom. The molecule has 1 saturated heterocycles. The fraction of sp³-hybridized carbons (Fsp3) is 0.667. The van der Waals surface area contributed by atoms with E-state index < -0.39 is 24.2 Å². The van der Waals surface area contributed by atoms with Crippen LogP contribution in [0.1, 0.15) is 49.4 Å². The molecule has 0 saturated carbocycles. The molecule has 0 N–H and O–H groups in total. The van der Waals surface area contributed by atoms with E-state index in [9.17, 15) is 22.0 Å². The Bertz CT molecular complexity index is 525. The van der Waals surface area contributed by atoms with Gasteiger partial charge in [0.2, 0.25) is 0 Å². The van der Waals surface area contributed by atoms with Crippen LogP contribution in [0.5, 0.6) is 0 Å². The Kier molecular flexibility index (Phi) is 4.75. The van der Waals surface area contributed by atoms with Crippen molar-refractivity contribution in [1.82, 2.24) is 9.88 Å². The van der Waals surface area contributed by atoms with Crippen LogP contribution in [0.3, 0.4) is 0 Å². The van der Waals surface area contributed by atoms with E-state index in [0.717, 1.165) is 6.07 Å². The number of hydrogen-bond acceptors (Lipinski definition) is 2. The Hall–Kier alpha value is -1.24. The molecule has 1 aromatic heterocycles.